The van der Waals surface area contributed by atoms with Crippen molar-refractivity contribution in [3.05, 3.63) is 30.3 Å². The molecule has 110 valence electrons. The molecule has 3 aliphatic heterocycles. The van der Waals surface area contributed by atoms with Gasteiger partial charge in [-0.3, -0.25) is 0 Å². The molecule has 3 saturated heterocycles. The van der Waals surface area contributed by atoms with Crippen LogP contribution < -0.4 is 5.32 Å². The lowest BCUT2D eigenvalue weighted by Crippen LogP contribution is -2.53. The maximum Gasteiger partial charge on any atom is 0.146 e. The van der Waals surface area contributed by atoms with Gasteiger partial charge in [0.05, 0.1) is 11.4 Å². The first-order valence-electron chi connectivity index (χ1n) is 7.31. The summed E-state index contributed by atoms with van der Waals surface area (Å²) in [6.45, 7) is 3.35. The van der Waals surface area contributed by atoms with E-state index in [2.05, 4.69) is 25.7 Å². The molecule has 6 nitrogen and oxygen atoms in total. The molecule has 2 bridgehead atoms. The summed E-state index contributed by atoms with van der Waals surface area (Å²) in [7, 11) is 0. The smallest absolute Gasteiger partial charge is 0.146 e. The Labute approximate surface area is 121 Å². The van der Waals surface area contributed by atoms with E-state index in [4.69, 9.17) is 0 Å². The summed E-state index contributed by atoms with van der Waals surface area (Å²) >= 11 is 0. The van der Waals surface area contributed by atoms with Crippen LogP contribution in [0.15, 0.2) is 24.5 Å². The Morgan fingerprint density at radius 2 is 2.10 bits per heavy atom. The Hall–Kier alpha value is -2.02. The largest absolute Gasteiger partial charge is 0.378 e. The van der Waals surface area contributed by atoms with E-state index < -0.39 is 0 Å². The van der Waals surface area contributed by atoms with Crippen LogP contribution in [-0.2, 0) is 0 Å². The van der Waals surface area contributed by atoms with E-state index in [1.165, 1.54) is 43.0 Å². The zero-order valence-electron chi connectivity index (χ0n) is 11.6. The number of aromatic nitrogens is 4. The second-order valence-electron chi connectivity index (χ2n) is 5.81. The Balaban J connectivity index is 1.58. The summed E-state index contributed by atoms with van der Waals surface area (Å²) in [5.74, 6) is 0.411. The fourth-order valence-electron chi connectivity index (χ4n) is 3.37. The molecule has 3 fully saturated rings. The van der Waals surface area contributed by atoms with Gasteiger partial charge in [-0.15, -0.1) is 5.10 Å². The number of nitrogens with zero attached hydrogens (tertiary/aromatic N) is 5. The van der Waals surface area contributed by atoms with E-state index in [9.17, 15) is 4.39 Å². The summed E-state index contributed by atoms with van der Waals surface area (Å²) in [5.41, 5.74) is 1.28. The number of fused-ring (bicyclic) bond motifs is 3. The highest BCUT2D eigenvalue weighted by Crippen LogP contribution is 2.30. The van der Waals surface area contributed by atoms with Crippen molar-refractivity contribution in [2.24, 2.45) is 5.92 Å². The topological polar surface area (TPSA) is 58.9 Å². The maximum atomic E-state index is 14.1. The van der Waals surface area contributed by atoms with Crippen LogP contribution in [-0.4, -0.2) is 50.8 Å². The molecule has 0 radical (unpaired) electrons. The van der Waals surface area contributed by atoms with Crippen LogP contribution in [0, 0.1) is 11.7 Å². The van der Waals surface area contributed by atoms with Gasteiger partial charge in [-0.1, -0.05) is 0 Å². The second kappa shape index (κ2) is 5.07. The van der Waals surface area contributed by atoms with Gasteiger partial charge in [-0.25, -0.2) is 9.07 Å². The van der Waals surface area contributed by atoms with Gasteiger partial charge in [0.2, 0.25) is 0 Å². The Morgan fingerprint density at radius 3 is 2.76 bits per heavy atom. The number of nitrogens with one attached hydrogen (secondary N) is 1. The number of rotatable bonds is 3. The van der Waals surface area contributed by atoms with Crippen molar-refractivity contribution in [2.45, 2.75) is 18.9 Å². The van der Waals surface area contributed by atoms with Gasteiger partial charge in [-0.2, -0.15) is 0 Å². The van der Waals surface area contributed by atoms with Gasteiger partial charge in [0.25, 0.3) is 0 Å². The summed E-state index contributed by atoms with van der Waals surface area (Å²) in [4.78, 5) is 2.45. The summed E-state index contributed by atoms with van der Waals surface area (Å²) < 4.78 is 15.6. The fraction of sp³-hybridized carbons (Fsp3) is 0.500. The lowest BCUT2D eigenvalue weighted by atomic mass is 9.84. The van der Waals surface area contributed by atoms with Gasteiger partial charge in [0, 0.05) is 12.6 Å². The minimum atomic E-state index is -0.233. The first-order chi connectivity index (χ1) is 10.3. The van der Waals surface area contributed by atoms with E-state index in [0.717, 1.165) is 12.2 Å². The molecule has 0 spiro atoms. The monoisotopic (exact) mass is 288 g/mol. The Bertz CT molecular complexity index is 620. The van der Waals surface area contributed by atoms with Crippen molar-refractivity contribution in [2.75, 3.05) is 25.0 Å². The highest BCUT2D eigenvalue weighted by Gasteiger charge is 2.34. The molecule has 21 heavy (non-hydrogen) atoms. The van der Waals surface area contributed by atoms with E-state index in [1.54, 1.807) is 12.1 Å². The number of halogens is 1. The highest BCUT2D eigenvalue weighted by molar-refractivity contribution is 5.52. The predicted molar refractivity (Wildman–Crippen MR) is 75.7 cm³/mol. The summed E-state index contributed by atoms with van der Waals surface area (Å²) in [5, 5.41) is 14.4. The molecule has 5 rings (SSSR count). The third kappa shape index (κ3) is 2.37. The molecule has 1 aromatic carbocycles. The molecule has 2 aromatic rings. The van der Waals surface area contributed by atoms with Gasteiger partial charge in [-0.05, 0) is 60.5 Å². The van der Waals surface area contributed by atoms with Crippen LogP contribution in [0.2, 0.25) is 0 Å². The van der Waals surface area contributed by atoms with Crippen molar-refractivity contribution >= 4 is 5.69 Å². The molecule has 7 heteroatoms. The van der Waals surface area contributed by atoms with Crippen molar-refractivity contribution in [1.82, 2.24) is 25.1 Å². The number of hydrogen-bond acceptors (Lipinski definition) is 5. The minimum Gasteiger partial charge on any atom is -0.378 e. The van der Waals surface area contributed by atoms with Crippen LogP contribution in [0.4, 0.5) is 10.1 Å². The average Bonchev–Trinajstić information content (AvgIpc) is 3.05. The average molecular weight is 288 g/mol. The summed E-state index contributed by atoms with van der Waals surface area (Å²) in [6.07, 6.45) is 3.91. The number of tetrazole rings is 1. The van der Waals surface area contributed by atoms with E-state index >= 15 is 0 Å². The van der Waals surface area contributed by atoms with Crippen molar-refractivity contribution in [1.29, 1.82) is 0 Å². The summed E-state index contributed by atoms with van der Waals surface area (Å²) in [6, 6.07) is 5.23. The number of anilines is 1. The maximum absolute atomic E-state index is 14.1. The van der Waals surface area contributed by atoms with E-state index in [1.807, 2.05) is 0 Å². The van der Waals surface area contributed by atoms with Gasteiger partial charge >= 0.3 is 0 Å². The van der Waals surface area contributed by atoms with Gasteiger partial charge in [0.1, 0.15) is 12.1 Å². The number of hydrogen-bond donors (Lipinski definition) is 1. The molecule has 0 aliphatic carbocycles. The molecule has 1 atom stereocenters. The molecule has 0 saturated carbocycles. The number of piperidine rings is 3. The Morgan fingerprint density at radius 1 is 1.24 bits per heavy atom. The Kier molecular flexibility index (Phi) is 3.07. The first-order valence-corrected chi connectivity index (χ1v) is 7.31. The van der Waals surface area contributed by atoms with Crippen molar-refractivity contribution < 1.29 is 4.39 Å². The zero-order valence-corrected chi connectivity index (χ0v) is 11.6. The van der Waals surface area contributed by atoms with Gasteiger partial charge < -0.3 is 10.2 Å². The molecule has 1 aromatic heterocycles. The van der Waals surface area contributed by atoms with Gasteiger partial charge in [0.15, 0.2) is 0 Å². The number of benzene rings is 1. The quantitative estimate of drug-likeness (QED) is 0.922. The van der Waals surface area contributed by atoms with Crippen LogP contribution in [0.1, 0.15) is 12.8 Å². The minimum absolute atomic E-state index is 0.233. The van der Waals surface area contributed by atoms with Crippen molar-refractivity contribution in [3.8, 4) is 5.69 Å². The van der Waals surface area contributed by atoms with Crippen molar-refractivity contribution in [3.63, 3.8) is 0 Å². The van der Waals surface area contributed by atoms with Crippen LogP contribution in [0.25, 0.3) is 5.69 Å². The van der Waals surface area contributed by atoms with Crippen LogP contribution >= 0.6 is 0 Å². The first kappa shape index (κ1) is 12.7. The SMILES string of the molecule is Fc1ccc(-n2cnnn2)cc1NC1CN2CCC1CC2. The molecule has 4 heterocycles. The lowest BCUT2D eigenvalue weighted by Gasteiger charge is -2.45. The van der Waals surface area contributed by atoms with Crippen LogP contribution in [0.3, 0.4) is 0 Å². The van der Waals surface area contributed by atoms with Crippen LogP contribution in [0.5, 0.6) is 0 Å². The standard InChI is InChI=1S/C14H17FN6/c15-12-2-1-11(21-9-16-18-19-21)7-13(12)17-14-8-20-5-3-10(14)4-6-20/h1-2,7,9-10,14,17H,3-6,8H2. The van der Waals surface area contributed by atoms with E-state index in [0.29, 0.717) is 17.6 Å². The second-order valence-corrected chi connectivity index (χ2v) is 5.81. The third-order valence-electron chi connectivity index (χ3n) is 4.56. The van der Waals surface area contributed by atoms with E-state index in [-0.39, 0.29) is 5.82 Å². The molecular formula is C14H17FN6. The molecule has 1 N–H and O–H groups in total. The molecule has 1 unspecified atom stereocenters. The molecule has 0 amide bonds. The third-order valence-corrected chi connectivity index (χ3v) is 4.56. The molecular weight excluding hydrogens is 271 g/mol. The fourth-order valence-corrected chi connectivity index (χ4v) is 3.37. The molecule has 3 aliphatic rings. The zero-order chi connectivity index (χ0) is 14.2. The highest BCUT2D eigenvalue weighted by atomic mass is 19.1. The lowest BCUT2D eigenvalue weighted by molar-refractivity contribution is 0.0974. The predicted octanol–water partition coefficient (Wildman–Crippen LogP) is 1.31. The normalized spacial score (nSPS) is 27.8.